The Balaban J connectivity index is 1.68. The van der Waals surface area contributed by atoms with Gasteiger partial charge in [-0.1, -0.05) is 81.4 Å². The van der Waals surface area contributed by atoms with E-state index < -0.39 is 8.32 Å². The molecule has 2 aliphatic heterocycles. The third-order valence-electron chi connectivity index (χ3n) is 7.42. The van der Waals surface area contributed by atoms with Crippen molar-refractivity contribution >= 4 is 24.7 Å². The SMILES string of the molecule is CC(=O)OCCC[C@H]1[C@H]2[C@@H](C)ON1CC[C@H]2O[Si](c1ccccc1)(c1ccccc1)C(C)(C)C. The van der Waals surface area contributed by atoms with E-state index in [1.165, 1.54) is 17.3 Å². The lowest BCUT2D eigenvalue weighted by molar-refractivity contribution is -0.160. The maximum atomic E-state index is 11.2. The molecule has 0 saturated carbocycles. The summed E-state index contributed by atoms with van der Waals surface area (Å²) in [6.45, 7) is 12.0. The van der Waals surface area contributed by atoms with Gasteiger partial charge in [-0.15, -0.1) is 0 Å². The maximum absolute atomic E-state index is 11.2. The summed E-state index contributed by atoms with van der Waals surface area (Å²) in [6.07, 6.45) is 2.94. The van der Waals surface area contributed by atoms with Crippen LogP contribution in [0.3, 0.4) is 0 Å². The molecular weight excluding hydrogens is 442 g/mol. The number of hydroxylamine groups is 2. The van der Waals surface area contributed by atoms with Crippen molar-refractivity contribution in [2.24, 2.45) is 5.92 Å². The molecule has 0 aromatic heterocycles. The van der Waals surface area contributed by atoms with Gasteiger partial charge in [0.25, 0.3) is 8.32 Å². The molecule has 5 atom stereocenters. The largest absolute Gasteiger partial charge is 0.466 e. The molecule has 0 aliphatic carbocycles. The Morgan fingerprint density at radius 3 is 2.18 bits per heavy atom. The third-order valence-corrected chi connectivity index (χ3v) is 12.5. The van der Waals surface area contributed by atoms with Crippen LogP contribution in [-0.4, -0.2) is 50.8 Å². The molecule has 2 aromatic carbocycles. The molecule has 2 heterocycles. The smallest absolute Gasteiger partial charge is 0.302 e. The molecule has 2 saturated heterocycles. The monoisotopic (exact) mass is 481 g/mol. The lowest BCUT2D eigenvalue weighted by atomic mass is 9.83. The fourth-order valence-electron chi connectivity index (χ4n) is 5.98. The van der Waals surface area contributed by atoms with Crippen LogP contribution in [0.4, 0.5) is 0 Å². The first-order chi connectivity index (χ1) is 16.2. The van der Waals surface area contributed by atoms with E-state index in [1.807, 2.05) is 0 Å². The summed E-state index contributed by atoms with van der Waals surface area (Å²) < 4.78 is 12.7. The fourth-order valence-corrected chi connectivity index (χ4v) is 10.7. The van der Waals surface area contributed by atoms with Gasteiger partial charge in [0.15, 0.2) is 0 Å². The highest BCUT2D eigenvalue weighted by Gasteiger charge is 2.56. The van der Waals surface area contributed by atoms with Crippen LogP contribution < -0.4 is 10.4 Å². The fraction of sp³-hybridized carbons (Fsp3) is 0.536. The van der Waals surface area contributed by atoms with Gasteiger partial charge in [-0.05, 0) is 41.6 Å². The van der Waals surface area contributed by atoms with Crippen molar-refractivity contribution in [3.8, 4) is 0 Å². The number of carbonyl (C=O) groups excluding carboxylic acids is 1. The van der Waals surface area contributed by atoms with Gasteiger partial charge in [-0.3, -0.25) is 9.63 Å². The average molecular weight is 482 g/mol. The van der Waals surface area contributed by atoms with Crippen LogP contribution in [0.1, 0.15) is 53.9 Å². The first-order valence-electron chi connectivity index (χ1n) is 12.6. The zero-order chi connectivity index (χ0) is 24.3. The van der Waals surface area contributed by atoms with Crippen LogP contribution in [-0.2, 0) is 18.8 Å². The molecule has 34 heavy (non-hydrogen) atoms. The lowest BCUT2D eigenvalue weighted by Gasteiger charge is -2.48. The van der Waals surface area contributed by atoms with Crippen molar-refractivity contribution < 1.29 is 18.8 Å². The van der Waals surface area contributed by atoms with Gasteiger partial charge in [-0.2, -0.15) is 5.06 Å². The van der Waals surface area contributed by atoms with E-state index in [2.05, 4.69) is 93.4 Å². The quantitative estimate of drug-likeness (QED) is 0.320. The lowest BCUT2D eigenvalue weighted by Crippen LogP contribution is -2.69. The van der Waals surface area contributed by atoms with Crippen LogP contribution in [0, 0.1) is 5.92 Å². The van der Waals surface area contributed by atoms with E-state index in [-0.39, 0.29) is 35.2 Å². The highest BCUT2D eigenvalue weighted by atomic mass is 28.4. The van der Waals surface area contributed by atoms with Crippen molar-refractivity contribution in [1.29, 1.82) is 0 Å². The van der Waals surface area contributed by atoms with E-state index in [0.29, 0.717) is 6.61 Å². The van der Waals surface area contributed by atoms with E-state index in [0.717, 1.165) is 25.8 Å². The normalized spacial score (nSPS) is 26.9. The molecule has 2 fully saturated rings. The molecule has 0 amide bonds. The molecule has 4 rings (SSSR count). The van der Waals surface area contributed by atoms with Gasteiger partial charge in [0.05, 0.1) is 18.8 Å². The van der Waals surface area contributed by atoms with Crippen molar-refractivity contribution in [1.82, 2.24) is 5.06 Å². The number of ether oxygens (including phenoxy) is 1. The average Bonchev–Trinajstić information content (AvgIpc) is 3.02. The van der Waals surface area contributed by atoms with Gasteiger partial charge >= 0.3 is 5.97 Å². The summed E-state index contributed by atoms with van der Waals surface area (Å²) in [7, 11) is -2.63. The van der Waals surface area contributed by atoms with Crippen LogP contribution in [0.2, 0.25) is 5.04 Å². The number of nitrogens with zero attached hydrogens (tertiary/aromatic N) is 1. The van der Waals surface area contributed by atoms with Crippen LogP contribution in [0.15, 0.2) is 60.7 Å². The molecule has 2 aliphatic rings. The third kappa shape index (κ3) is 4.87. The van der Waals surface area contributed by atoms with E-state index in [4.69, 9.17) is 14.0 Å². The minimum Gasteiger partial charge on any atom is -0.466 e. The molecule has 0 radical (unpaired) electrons. The number of carbonyl (C=O) groups is 1. The van der Waals surface area contributed by atoms with Gasteiger partial charge in [0.2, 0.25) is 0 Å². The number of hydrogen-bond donors (Lipinski definition) is 0. The molecule has 184 valence electrons. The Bertz CT molecular complexity index is 906. The van der Waals surface area contributed by atoms with Gasteiger partial charge in [-0.25, -0.2) is 0 Å². The van der Waals surface area contributed by atoms with Crippen LogP contribution in [0.5, 0.6) is 0 Å². The van der Waals surface area contributed by atoms with Gasteiger partial charge in [0.1, 0.15) is 0 Å². The van der Waals surface area contributed by atoms with Crippen molar-refractivity contribution in [2.45, 2.75) is 77.2 Å². The minimum absolute atomic E-state index is 0.0552. The number of esters is 1. The molecule has 6 heteroatoms. The Labute approximate surface area is 205 Å². The van der Waals surface area contributed by atoms with E-state index in [1.54, 1.807) is 0 Å². The van der Waals surface area contributed by atoms with Crippen LogP contribution in [0.25, 0.3) is 0 Å². The maximum Gasteiger partial charge on any atom is 0.302 e. The van der Waals surface area contributed by atoms with Crippen molar-refractivity contribution in [3.63, 3.8) is 0 Å². The molecule has 2 bridgehead atoms. The molecule has 2 aromatic rings. The zero-order valence-corrected chi connectivity index (χ0v) is 22.2. The topological polar surface area (TPSA) is 48.0 Å². The summed E-state index contributed by atoms with van der Waals surface area (Å²) in [5.41, 5.74) is 0. The zero-order valence-electron chi connectivity index (χ0n) is 21.2. The minimum atomic E-state index is -2.63. The first-order valence-corrected chi connectivity index (χ1v) is 14.5. The Morgan fingerprint density at radius 2 is 1.65 bits per heavy atom. The number of fused-ring (bicyclic) bond motifs is 2. The summed E-state index contributed by atoms with van der Waals surface area (Å²) in [5, 5.41) is 4.73. The van der Waals surface area contributed by atoms with Crippen LogP contribution >= 0.6 is 0 Å². The second-order valence-electron chi connectivity index (χ2n) is 10.7. The standard InChI is InChI=1S/C28H39NO4Si/c1-21-27-25(17-12-20-31-22(2)30)29(32-21)19-18-26(27)33-34(28(3,4)5,23-13-8-6-9-14-23)24-15-10-7-11-16-24/h6-11,13-16,21,25-27H,12,17-20H2,1-5H3/t21-,25+,26-,27-/m1/s1. The predicted octanol–water partition coefficient (Wildman–Crippen LogP) is 4.30. The van der Waals surface area contributed by atoms with Gasteiger partial charge < -0.3 is 9.16 Å². The summed E-state index contributed by atoms with van der Waals surface area (Å²) in [5.74, 6) is 0.0668. The summed E-state index contributed by atoms with van der Waals surface area (Å²) in [4.78, 5) is 17.5. The number of piperidine rings is 1. The van der Waals surface area contributed by atoms with E-state index >= 15 is 0 Å². The predicted molar refractivity (Wildman–Crippen MR) is 138 cm³/mol. The highest BCUT2D eigenvalue weighted by Crippen LogP contribution is 2.44. The molecule has 1 unspecified atom stereocenters. The Kier molecular flexibility index (Phi) is 7.62. The van der Waals surface area contributed by atoms with E-state index in [9.17, 15) is 4.79 Å². The highest BCUT2D eigenvalue weighted by molar-refractivity contribution is 6.99. The van der Waals surface area contributed by atoms with Crippen molar-refractivity contribution in [2.75, 3.05) is 13.2 Å². The number of rotatable bonds is 8. The summed E-state index contributed by atoms with van der Waals surface area (Å²) in [6, 6.07) is 22.0. The Hall–Kier alpha value is -1.99. The molecule has 5 nitrogen and oxygen atoms in total. The van der Waals surface area contributed by atoms with Crippen molar-refractivity contribution in [3.05, 3.63) is 60.7 Å². The molecule has 0 spiro atoms. The molecule has 0 N–H and O–H groups in total. The van der Waals surface area contributed by atoms with Gasteiger partial charge in [0, 0.05) is 25.4 Å². The molecular formula is C28H39NO4Si. The number of benzene rings is 2. The number of hydrogen-bond acceptors (Lipinski definition) is 5. The second kappa shape index (κ2) is 10.3. The summed E-state index contributed by atoms with van der Waals surface area (Å²) >= 11 is 0. The second-order valence-corrected chi connectivity index (χ2v) is 14.9. The Morgan fingerprint density at radius 1 is 1.06 bits per heavy atom. The first kappa shape index (κ1) is 25.1.